The summed E-state index contributed by atoms with van der Waals surface area (Å²) in [6, 6.07) is 4.49. The molecule has 0 radical (unpaired) electrons. The van der Waals surface area contributed by atoms with Gasteiger partial charge in [0.1, 0.15) is 5.82 Å². The number of alkyl halides is 3. The van der Waals surface area contributed by atoms with Gasteiger partial charge in [-0.15, -0.1) is 0 Å². The molecule has 168 valence electrons. The zero-order valence-electron chi connectivity index (χ0n) is 18.2. The lowest BCUT2D eigenvalue weighted by Gasteiger charge is -2.30. The number of hydrogen-bond donors (Lipinski definition) is 2. The predicted octanol–water partition coefficient (Wildman–Crippen LogP) is 4.33. The largest absolute Gasteiger partial charge is 0.416 e. The van der Waals surface area contributed by atoms with Crippen molar-refractivity contribution < 1.29 is 18.0 Å². The van der Waals surface area contributed by atoms with Crippen molar-refractivity contribution in [3.05, 3.63) is 46.6 Å². The van der Waals surface area contributed by atoms with Crippen LogP contribution < -0.4 is 15.5 Å². The summed E-state index contributed by atoms with van der Waals surface area (Å²) in [7, 11) is 3.90. The molecule has 1 aliphatic rings. The lowest BCUT2D eigenvalue weighted by molar-refractivity contribution is -0.137. The Bertz CT molecular complexity index is 920. The smallest absolute Gasteiger partial charge is 0.362 e. The van der Waals surface area contributed by atoms with Gasteiger partial charge in [-0.1, -0.05) is 0 Å². The first-order valence-corrected chi connectivity index (χ1v) is 10.3. The van der Waals surface area contributed by atoms with E-state index in [9.17, 15) is 18.0 Å². The Morgan fingerprint density at radius 1 is 1.00 bits per heavy atom. The molecule has 0 atom stereocenters. The summed E-state index contributed by atoms with van der Waals surface area (Å²) in [4.78, 5) is 23.5. The number of halogens is 3. The molecule has 0 aliphatic heterocycles. The first kappa shape index (κ1) is 22.8. The molecule has 2 aromatic rings. The molecular formula is C22H28F3N5O. The van der Waals surface area contributed by atoms with Crippen LogP contribution in [0.1, 0.15) is 52.9 Å². The molecule has 1 aliphatic carbocycles. The Hall–Kier alpha value is -2.84. The first-order chi connectivity index (χ1) is 14.5. The minimum Gasteiger partial charge on any atom is -0.362 e. The van der Waals surface area contributed by atoms with E-state index in [0.717, 1.165) is 54.9 Å². The van der Waals surface area contributed by atoms with Crippen LogP contribution >= 0.6 is 0 Å². The highest BCUT2D eigenvalue weighted by Crippen LogP contribution is 2.29. The van der Waals surface area contributed by atoms with Crippen LogP contribution in [0, 0.1) is 13.8 Å². The van der Waals surface area contributed by atoms with Crippen LogP contribution in [0.5, 0.6) is 0 Å². The summed E-state index contributed by atoms with van der Waals surface area (Å²) in [6.45, 7) is 3.96. The molecular weight excluding hydrogens is 407 g/mol. The Balaban J connectivity index is 1.54. The van der Waals surface area contributed by atoms with Gasteiger partial charge >= 0.3 is 6.18 Å². The number of carbonyl (C=O) groups excluding carboxylic acids is 1. The SMILES string of the molecule is Cc1nc(NC2CCC(NC(=O)c3ccc(C(F)(F)F)cc3)CC2)nc(N(C)C)c1C. The van der Waals surface area contributed by atoms with Gasteiger partial charge in [-0.05, 0) is 63.8 Å². The minimum atomic E-state index is -4.41. The van der Waals surface area contributed by atoms with Crippen molar-refractivity contribution in [2.45, 2.75) is 57.8 Å². The number of nitrogens with zero attached hydrogens (tertiary/aromatic N) is 3. The van der Waals surface area contributed by atoms with E-state index < -0.39 is 11.7 Å². The second-order valence-electron chi connectivity index (χ2n) is 8.22. The van der Waals surface area contributed by atoms with E-state index in [4.69, 9.17) is 0 Å². The molecule has 2 N–H and O–H groups in total. The number of anilines is 2. The number of benzene rings is 1. The summed E-state index contributed by atoms with van der Waals surface area (Å²) >= 11 is 0. The molecule has 1 aromatic carbocycles. The van der Waals surface area contributed by atoms with Crippen LogP contribution in [0.15, 0.2) is 24.3 Å². The van der Waals surface area contributed by atoms with Crippen molar-refractivity contribution in [2.75, 3.05) is 24.3 Å². The third kappa shape index (κ3) is 5.65. The Morgan fingerprint density at radius 3 is 2.13 bits per heavy atom. The molecule has 3 rings (SSSR count). The van der Waals surface area contributed by atoms with E-state index in [1.807, 2.05) is 32.8 Å². The van der Waals surface area contributed by atoms with Crippen molar-refractivity contribution in [2.24, 2.45) is 0 Å². The van der Waals surface area contributed by atoms with Crippen LogP contribution in [0.3, 0.4) is 0 Å². The Morgan fingerprint density at radius 2 is 1.58 bits per heavy atom. The molecule has 1 heterocycles. The van der Waals surface area contributed by atoms with Crippen molar-refractivity contribution in [3.63, 3.8) is 0 Å². The molecule has 0 saturated heterocycles. The van der Waals surface area contributed by atoms with Gasteiger partial charge in [-0.3, -0.25) is 4.79 Å². The lowest BCUT2D eigenvalue weighted by atomic mass is 9.91. The topological polar surface area (TPSA) is 70.1 Å². The van der Waals surface area contributed by atoms with E-state index in [2.05, 4.69) is 20.6 Å². The summed E-state index contributed by atoms with van der Waals surface area (Å²) in [5, 5.41) is 6.33. The van der Waals surface area contributed by atoms with Gasteiger partial charge in [-0.25, -0.2) is 4.98 Å². The maximum Gasteiger partial charge on any atom is 0.416 e. The number of carbonyl (C=O) groups is 1. The monoisotopic (exact) mass is 435 g/mol. The second-order valence-corrected chi connectivity index (χ2v) is 8.22. The first-order valence-electron chi connectivity index (χ1n) is 10.3. The molecule has 0 unspecified atom stereocenters. The third-order valence-corrected chi connectivity index (χ3v) is 5.66. The highest BCUT2D eigenvalue weighted by molar-refractivity contribution is 5.94. The molecule has 31 heavy (non-hydrogen) atoms. The van der Waals surface area contributed by atoms with Gasteiger partial charge in [0.25, 0.3) is 5.91 Å². The van der Waals surface area contributed by atoms with Gasteiger partial charge in [0, 0.05) is 43.0 Å². The zero-order valence-corrected chi connectivity index (χ0v) is 18.2. The quantitative estimate of drug-likeness (QED) is 0.732. The second kappa shape index (κ2) is 9.11. The number of aryl methyl sites for hydroxylation is 1. The fraction of sp³-hybridized carbons (Fsp3) is 0.500. The van der Waals surface area contributed by atoms with E-state index >= 15 is 0 Å². The zero-order chi connectivity index (χ0) is 22.8. The molecule has 0 bridgehead atoms. The van der Waals surface area contributed by atoms with Crippen molar-refractivity contribution in [1.29, 1.82) is 0 Å². The predicted molar refractivity (Wildman–Crippen MR) is 114 cm³/mol. The van der Waals surface area contributed by atoms with Crippen LogP contribution in [-0.2, 0) is 6.18 Å². The molecule has 6 nitrogen and oxygen atoms in total. The normalized spacial score (nSPS) is 19.1. The minimum absolute atomic E-state index is 0.00847. The van der Waals surface area contributed by atoms with Crippen molar-refractivity contribution in [1.82, 2.24) is 15.3 Å². The number of hydrogen-bond acceptors (Lipinski definition) is 5. The highest BCUT2D eigenvalue weighted by atomic mass is 19.4. The van der Waals surface area contributed by atoms with E-state index in [1.54, 1.807) is 0 Å². The molecule has 1 aromatic heterocycles. The summed E-state index contributed by atoms with van der Waals surface area (Å²) in [6.07, 6.45) is -1.19. The molecule has 1 saturated carbocycles. The van der Waals surface area contributed by atoms with Crippen molar-refractivity contribution >= 4 is 17.7 Å². The Kier molecular flexibility index (Phi) is 6.71. The molecule has 1 amide bonds. The average Bonchev–Trinajstić information content (AvgIpc) is 2.71. The van der Waals surface area contributed by atoms with Crippen LogP contribution in [0.4, 0.5) is 24.9 Å². The van der Waals surface area contributed by atoms with Gasteiger partial charge in [0.15, 0.2) is 0 Å². The van der Waals surface area contributed by atoms with Crippen molar-refractivity contribution in [3.8, 4) is 0 Å². The number of nitrogens with one attached hydrogen (secondary N) is 2. The fourth-order valence-corrected chi connectivity index (χ4v) is 3.76. The molecule has 1 fully saturated rings. The number of aromatic nitrogens is 2. The van der Waals surface area contributed by atoms with Gasteiger partial charge in [-0.2, -0.15) is 18.2 Å². The van der Waals surface area contributed by atoms with Gasteiger partial charge in [0.2, 0.25) is 5.95 Å². The average molecular weight is 435 g/mol. The maximum atomic E-state index is 12.7. The van der Waals surface area contributed by atoms with Crippen LogP contribution in [0.25, 0.3) is 0 Å². The van der Waals surface area contributed by atoms with E-state index in [1.165, 1.54) is 12.1 Å². The fourth-order valence-electron chi connectivity index (χ4n) is 3.76. The standard InChI is InChI=1S/C22H28F3N5O/c1-13-14(2)26-21(29-19(13)30(3)4)28-18-11-9-17(10-12-18)27-20(31)15-5-7-16(8-6-15)22(23,24)25/h5-8,17-18H,9-12H2,1-4H3,(H,27,31)(H,26,28,29). The van der Waals surface area contributed by atoms with Crippen LogP contribution in [-0.4, -0.2) is 42.1 Å². The van der Waals surface area contributed by atoms with E-state index in [-0.39, 0.29) is 23.6 Å². The molecule has 9 heteroatoms. The summed E-state index contributed by atoms with van der Waals surface area (Å²) < 4.78 is 38.0. The maximum absolute atomic E-state index is 12.7. The summed E-state index contributed by atoms with van der Waals surface area (Å²) in [5.41, 5.74) is 1.44. The summed E-state index contributed by atoms with van der Waals surface area (Å²) in [5.74, 6) is 1.13. The lowest BCUT2D eigenvalue weighted by Crippen LogP contribution is -2.40. The highest BCUT2D eigenvalue weighted by Gasteiger charge is 2.30. The van der Waals surface area contributed by atoms with E-state index in [0.29, 0.717) is 5.95 Å². The Labute approximate surface area is 180 Å². The van der Waals surface area contributed by atoms with Gasteiger partial charge < -0.3 is 15.5 Å². The van der Waals surface area contributed by atoms with Crippen LogP contribution in [0.2, 0.25) is 0 Å². The third-order valence-electron chi connectivity index (χ3n) is 5.66. The number of rotatable bonds is 5. The molecule has 0 spiro atoms. The number of amides is 1. The van der Waals surface area contributed by atoms with Gasteiger partial charge in [0.05, 0.1) is 5.56 Å².